The van der Waals surface area contributed by atoms with Crippen molar-refractivity contribution in [3.8, 4) is 0 Å². The van der Waals surface area contributed by atoms with Crippen LogP contribution >= 0.6 is 0 Å². The minimum atomic E-state index is -0.0588. The molecule has 0 nitrogen and oxygen atoms in total. The van der Waals surface area contributed by atoms with E-state index in [9.17, 15) is 0 Å². The molecule has 21 heavy (non-hydrogen) atoms. The van der Waals surface area contributed by atoms with Gasteiger partial charge in [-0.3, -0.25) is 4.70 Å². The zero-order chi connectivity index (χ0) is 13.8. The van der Waals surface area contributed by atoms with Gasteiger partial charge in [-0.25, -0.2) is 0 Å². The molecular weight excluding hydrogens is 322 g/mol. The monoisotopic (exact) mass is 340 g/mol. The fourth-order valence-electron chi connectivity index (χ4n) is 2.60. The van der Waals surface area contributed by atoms with E-state index in [0.29, 0.717) is 0 Å². The Morgan fingerprint density at radius 3 is 0.952 bits per heavy atom. The zero-order valence-corrected chi connectivity index (χ0v) is 14.1. The molecule has 3 aromatic rings. The van der Waals surface area contributed by atoms with Gasteiger partial charge in [0.05, 0.1) is 0 Å². The maximum absolute atomic E-state index is 2.22. The van der Waals surface area contributed by atoms with Crippen molar-refractivity contribution < 1.29 is 4.70 Å². The molecule has 0 saturated heterocycles. The molecule has 0 heterocycles. The molecule has 0 aromatic heterocycles. The van der Waals surface area contributed by atoms with Crippen molar-refractivity contribution in [3.63, 3.8) is 0 Å². The third kappa shape index (κ3) is 2.94. The zero-order valence-electron chi connectivity index (χ0n) is 11.6. The van der Waals surface area contributed by atoms with Crippen molar-refractivity contribution in [2.24, 2.45) is 0 Å². The average molecular weight is 340 g/mol. The summed E-state index contributed by atoms with van der Waals surface area (Å²) in [6.45, 7) is 0. The van der Waals surface area contributed by atoms with Crippen molar-refractivity contribution in [1.29, 1.82) is 0 Å². The first kappa shape index (κ1) is 15.5. The van der Waals surface area contributed by atoms with Crippen molar-refractivity contribution >= 4 is 16.9 Å². The third-order valence-corrected chi connectivity index (χ3v) is 5.79. The maximum atomic E-state index is 2.22. The van der Waals surface area contributed by atoms with Gasteiger partial charge >= 0.3 is 129 Å². The van der Waals surface area contributed by atoms with Crippen molar-refractivity contribution in [1.82, 2.24) is 0 Å². The van der Waals surface area contributed by atoms with Crippen LogP contribution in [0.2, 0.25) is 0 Å². The van der Waals surface area contributed by atoms with E-state index >= 15 is 0 Å². The van der Waals surface area contributed by atoms with E-state index in [0.717, 1.165) is 0 Å². The number of rotatable bonds is 3. The van der Waals surface area contributed by atoms with Gasteiger partial charge in [0.2, 0.25) is 0 Å². The fraction of sp³-hybridized carbons (Fsp3) is 0.0526. The Balaban J connectivity index is 0.00000161. The van der Waals surface area contributed by atoms with E-state index in [2.05, 4.69) is 91.0 Å². The average Bonchev–Trinajstić information content (AvgIpc) is 2.56. The van der Waals surface area contributed by atoms with E-state index in [1.54, 1.807) is 16.9 Å². The van der Waals surface area contributed by atoms with Crippen LogP contribution in [0.1, 0.15) is 16.7 Å². The van der Waals surface area contributed by atoms with Gasteiger partial charge < -0.3 is 0 Å². The second-order valence-corrected chi connectivity index (χ2v) is 6.72. The summed E-state index contributed by atoms with van der Waals surface area (Å²) in [5.41, 5.74) is 4.03. The van der Waals surface area contributed by atoms with Crippen LogP contribution in [0.25, 0.3) is 0 Å². The van der Waals surface area contributed by atoms with Gasteiger partial charge in [-0.2, -0.15) is 0 Å². The second kappa shape index (κ2) is 6.74. The molecule has 0 bridgehead atoms. The molecule has 0 aliphatic heterocycles. The Hall–Kier alpha value is -1.85. The first-order valence-corrected chi connectivity index (χ1v) is 7.98. The second-order valence-electron chi connectivity index (χ2n) is 4.91. The van der Waals surface area contributed by atoms with Gasteiger partial charge in [0.1, 0.15) is 0 Å². The Morgan fingerprint density at radius 1 is 0.476 bits per heavy atom. The van der Waals surface area contributed by atoms with Gasteiger partial charge in [-0.15, -0.1) is 0 Å². The van der Waals surface area contributed by atoms with E-state index in [1.165, 1.54) is 16.7 Å². The molecule has 106 valence electrons. The van der Waals surface area contributed by atoms with Gasteiger partial charge in [-0.1, -0.05) is 0 Å². The van der Waals surface area contributed by atoms with Crippen LogP contribution in [0.4, 0.5) is 4.70 Å². The molecule has 1 atom stereocenters. The van der Waals surface area contributed by atoms with E-state index < -0.39 is 0 Å². The molecule has 1 unspecified atom stereocenters. The molecule has 3 aromatic carbocycles. The fourth-order valence-corrected chi connectivity index (χ4v) is 3.81. The number of halogens is 1. The van der Waals surface area contributed by atoms with Gasteiger partial charge in [-0.05, 0) is 0 Å². The molecule has 0 fully saturated rings. The van der Waals surface area contributed by atoms with Crippen LogP contribution in [0, 0.1) is 0 Å². The summed E-state index contributed by atoms with van der Waals surface area (Å²) in [6, 6.07) is 32.3. The molecule has 0 aliphatic carbocycles. The summed E-state index contributed by atoms with van der Waals surface area (Å²) in [7, 11) is 0. The molecule has 0 saturated carbocycles. The molecule has 0 radical (unpaired) electrons. The molecule has 0 N–H and O–H groups in total. The number of hydrogen-bond acceptors (Lipinski definition) is 0. The number of hydrogen-bond donors (Lipinski definition) is 0. The first-order chi connectivity index (χ1) is 9.82. The first-order valence-electron chi connectivity index (χ1n) is 6.77. The SMILES string of the molecule is F.[AsH2]C(c1ccccc1)(c1ccccc1)c1ccccc1. The molecule has 3 rings (SSSR count). The molecule has 0 amide bonds. The van der Waals surface area contributed by atoms with E-state index in [1.807, 2.05) is 0 Å². The summed E-state index contributed by atoms with van der Waals surface area (Å²) in [4.78, 5) is 0. The molecule has 2 heteroatoms. The summed E-state index contributed by atoms with van der Waals surface area (Å²) in [6.07, 6.45) is 0. The van der Waals surface area contributed by atoms with Gasteiger partial charge in [0.25, 0.3) is 0 Å². The molecule has 0 aliphatic rings. The number of benzene rings is 3. The predicted octanol–water partition coefficient (Wildman–Crippen LogP) is 3.76. The summed E-state index contributed by atoms with van der Waals surface area (Å²) < 4.78 is -0.0588. The van der Waals surface area contributed by atoms with Crippen LogP contribution in [0.3, 0.4) is 0 Å². The quantitative estimate of drug-likeness (QED) is 0.503. The van der Waals surface area contributed by atoms with Crippen LogP contribution in [-0.2, 0) is 4.20 Å². The predicted molar refractivity (Wildman–Crippen MR) is 90.3 cm³/mol. The Labute approximate surface area is 133 Å². The molecular formula is C19H18AsF. The summed E-state index contributed by atoms with van der Waals surface area (Å²) in [5, 5.41) is 0. The van der Waals surface area contributed by atoms with E-state index in [-0.39, 0.29) is 8.91 Å². The van der Waals surface area contributed by atoms with Crippen molar-refractivity contribution in [3.05, 3.63) is 108 Å². The van der Waals surface area contributed by atoms with Crippen molar-refractivity contribution in [2.75, 3.05) is 0 Å². The minimum absolute atomic E-state index is 0. The normalized spacial score (nSPS) is 10.7. The Kier molecular flexibility index (Phi) is 4.98. The van der Waals surface area contributed by atoms with Crippen LogP contribution in [-0.4, -0.2) is 16.9 Å². The third-order valence-electron chi connectivity index (χ3n) is 3.69. The Morgan fingerprint density at radius 2 is 0.714 bits per heavy atom. The van der Waals surface area contributed by atoms with Gasteiger partial charge in [0, 0.05) is 0 Å². The van der Waals surface area contributed by atoms with Crippen LogP contribution < -0.4 is 0 Å². The summed E-state index contributed by atoms with van der Waals surface area (Å²) in [5.74, 6) is 0. The summed E-state index contributed by atoms with van der Waals surface area (Å²) >= 11 is 1.73. The van der Waals surface area contributed by atoms with Crippen molar-refractivity contribution in [2.45, 2.75) is 4.20 Å². The van der Waals surface area contributed by atoms with E-state index in [4.69, 9.17) is 0 Å². The standard InChI is InChI=1S/C19H17As.FH/c20-19(16-10-4-1-5-11-16,17-12-6-2-7-13-17)18-14-8-3-9-15-18;/h1-15H,20H2;1H. The molecule has 0 spiro atoms. The van der Waals surface area contributed by atoms with Gasteiger partial charge in [0.15, 0.2) is 0 Å². The van der Waals surface area contributed by atoms with Crippen LogP contribution in [0.5, 0.6) is 0 Å². The Bertz CT molecular complexity index is 569. The van der Waals surface area contributed by atoms with Crippen LogP contribution in [0.15, 0.2) is 91.0 Å². The topological polar surface area (TPSA) is 0 Å².